The average molecular weight is 527 g/mol. The van der Waals surface area contributed by atoms with Gasteiger partial charge in [-0.15, -0.1) is 11.3 Å². The zero-order valence-corrected chi connectivity index (χ0v) is 22.8. The molecular weight excluding hydrogens is 492 g/mol. The van der Waals surface area contributed by atoms with Crippen LogP contribution in [0.4, 0.5) is 0 Å². The number of benzene rings is 3. The average Bonchev–Trinajstić information content (AvgIpc) is 3.38. The number of hydrogen-bond donors (Lipinski definition) is 1. The number of aromatic hydroxyl groups is 1. The summed E-state index contributed by atoms with van der Waals surface area (Å²) in [5.74, 6) is 3.61. The van der Waals surface area contributed by atoms with Gasteiger partial charge in [0.05, 0.1) is 6.61 Å². The molecule has 0 fully saturated rings. The second-order valence-electron chi connectivity index (χ2n) is 9.48. The van der Waals surface area contributed by atoms with Crippen molar-refractivity contribution in [1.29, 1.82) is 0 Å². The van der Waals surface area contributed by atoms with Crippen molar-refractivity contribution in [3.05, 3.63) is 117 Å². The maximum Gasteiger partial charge on any atom is 0.119 e. The molecule has 5 rings (SSSR count). The van der Waals surface area contributed by atoms with Crippen LogP contribution in [0.25, 0.3) is 11.1 Å². The molecule has 0 unspecified atom stereocenters. The number of thioether (sulfide) groups is 1. The Morgan fingerprint density at radius 3 is 2.49 bits per heavy atom. The van der Waals surface area contributed by atoms with Crippen LogP contribution in [0.2, 0.25) is 0 Å². The van der Waals surface area contributed by atoms with Crippen LogP contribution in [-0.2, 0) is 12.2 Å². The molecule has 0 radical (unpaired) electrons. The first kappa shape index (κ1) is 25.7. The highest BCUT2D eigenvalue weighted by molar-refractivity contribution is 7.98. The number of allylic oxidation sites excluding steroid dienone is 1. The van der Waals surface area contributed by atoms with E-state index in [1.807, 2.05) is 35.2 Å². The van der Waals surface area contributed by atoms with Crippen molar-refractivity contribution in [3.63, 3.8) is 0 Å². The summed E-state index contributed by atoms with van der Waals surface area (Å²) in [6, 6.07) is 29.5. The Morgan fingerprint density at radius 1 is 0.811 bits per heavy atom. The molecule has 1 N–H and O–H groups in total. The molecule has 1 aliphatic carbocycles. The summed E-state index contributed by atoms with van der Waals surface area (Å²) < 4.78 is 6.08. The van der Waals surface area contributed by atoms with Crippen molar-refractivity contribution in [1.82, 2.24) is 0 Å². The lowest BCUT2D eigenvalue weighted by Crippen LogP contribution is -1.99. The van der Waals surface area contributed by atoms with E-state index in [9.17, 15) is 5.11 Å². The minimum Gasteiger partial charge on any atom is -0.508 e. The molecule has 2 nitrogen and oxygen atoms in total. The van der Waals surface area contributed by atoms with Gasteiger partial charge in [0.15, 0.2) is 0 Å². The predicted molar refractivity (Wildman–Crippen MR) is 160 cm³/mol. The quantitative estimate of drug-likeness (QED) is 0.198. The van der Waals surface area contributed by atoms with E-state index in [2.05, 4.69) is 78.2 Å². The maximum absolute atomic E-state index is 10.1. The van der Waals surface area contributed by atoms with Crippen LogP contribution < -0.4 is 4.74 Å². The summed E-state index contributed by atoms with van der Waals surface area (Å²) in [6.07, 6.45) is 6.57. The Balaban J connectivity index is 1.23. The highest BCUT2D eigenvalue weighted by Gasteiger charge is 2.20. The molecule has 0 amide bonds. The molecule has 1 aliphatic rings. The second-order valence-corrected chi connectivity index (χ2v) is 11.6. The van der Waals surface area contributed by atoms with E-state index in [0.29, 0.717) is 5.75 Å². The number of aryl methyl sites for hydroxylation is 1. The van der Waals surface area contributed by atoms with Gasteiger partial charge in [-0.1, -0.05) is 54.6 Å². The molecule has 37 heavy (non-hydrogen) atoms. The molecule has 0 bridgehead atoms. The number of rotatable bonds is 11. The number of unbranched alkanes of at least 4 members (excludes halogenated alkanes) is 2. The molecule has 4 aromatic rings. The highest BCUT2D eigenvalue weighted by Crippen LogP contribution is 2.41. The predicted octanol–water partition coefficient (Wildman–Crippen LogP) is 9.23. The minimum atomic E-state index is 0.339. The van der Waals surface area contributed by atoms with Crippen molar-refractivity contribution >= 4 is 34.2 Å². The number of phenols is 1. The lowest BCUT2D eigenvalue weighted by Gasteiger charge is -2.17. The fraction of sp³-hybridized carbons (Fsp3) is 0.273. The molecular formula is C33H34O2S2. The van der Waals surface area contributed by atoms with E-state index >= 15 is 0 Å². The van der Waals surface area contributed by atoms with Crippen LogP contribution in [0.15, 0.2) is 90.3 Å². The third-order valence-electron chi connectivity index (χ3n) is 6.82. The Bertz CT molecular complexity index is 1290. The van der Waals surface area contributed by atoms with Gasteiger partial charge in [-0.2, -0.15) is 11.8 Å². The van der Waals surface area contributed by atoms with Gasteiger partial charge in [0, 0.05) is 10.6 Å². The standard InChI is InChI=1S/C33H34O2S2/c34-28-16-19-32-27(23-28)11-7-13-31(25-9-3-1-4-10-25)33(32)26-14-17-29(18-15-26)35-20-5-2-6-21-36-24-30-12-8-22-37-30/h1,3-4,8-10,12,14-19,22-23,34H,2,5-7,11,13,20-21,24H2. The molecule has 0 aliphatic heterocycles. The molecule has 1 aromatic heterocycles. The molecule has 1 heterocycles. The highest BCUT2D eigenvalue weighted by atomic mass is 32.2. The van der Waals surface area contributed by atoms with Gasteiger partial charge >= 0.3 is 0 Å². The van der Waals surface area contributed by atoms with Gasteiger partial charge in [-0.3, -0.25) is 0 Å². The molecule has 0 spiro atoms. The SMILES string of the molecule is Oc1ccc2c(c1)CCCC(c1ccccc1)=C2c1ccc(OCCCCCSCc2cccs2)cc1. The summed E-state index contributed by atoms with van der Waals surface area (Å²) in [5.41, 5.74) is 7.55. The van der Waals surface area contributed by atoms with Crippen molar-refractivity contribution in [2.24, 2.45) is 0 Å². The number of fused-ring (bicyclic) bond motifs is 1. The van der Waals surface area contributed by atoms with Crippen LogP contribution in [0.1, 0.15) is 59.2 Å². The summed E-state index contributed by atoms with van der Waals surface area (Å²) in [6.45, 7) is 0.759. The molecule has 0 saturated heterocycles. The normalized spacial score (nSPS) is 13.3. The molecule has 0 saturated carbocycles. The maximum atomic E-state index is 10.1. The van der Waals surface area contributed by atoms with Crippen molar-refractivity contribution in [2.45, 2.75) is 44.3 Å². The number of phenolic OH excluding ortho intramolecular Hbond substituents is 1. The van der Waals surface area contributed by atoms with Crippen molar-refractivity contribution in [3.8, 4) is 11.5 Å². The van der Waals surface area contributed by atoms with Crippen molar-refractivity contribution in [2.75, 3.05) is 12.4 Å². The first-order valence-corrected chi connectivity index (χ1v) is 15.3. The Hall–Kier alpha value is -2.95. The zero-order valence-electron chi connectivity index (χ0n) is 21.2. The lowest BCUT2D eigenvalue weighted by molar-refractivity contribution is 0.306. The van der Waals surface area contributed by atoms with Gasteiger partial charge in [0.25, 0.3) is 0 Å². The molecule has 3 aromatic carbocycles. The van der Waals surface area contributed by atoms with E-state index in [0.717, 1.165) is 43.8 Å². The Morgan fingerprint density at radius 2 is 1.68 bits per heavy atom. The smallest absolute Gasteiger partial charge is 0.119 e. The fourth-order valence-corrected chi connectivity index (χ4v) is 6.85. The number of hydrogen-bond acceptors (Lipinski definition) is 4. The Kier molecular flexibility index (Phi) is 9.04. The van der Waals surface area contributed by atoms with Crippen LogP contribution in [-0.4, -0.2) is 17.5 Å². The third kappa shape index (κ3) is 6.88. The van der Waals surface area contributed by atoms with Gasteiger partial charge in [-0.05, 0) is 113 Å². The molecule has 4 heteroatoms. The summed E-state index contributed by atoms with van der Waals surface area (Å²) in [5, 5.41) is 12.3. The van der Waals surface area contributed by atoms with Crippen LogP contribution >= 0.6 is 23.1 Å². The minimum absolute atomic E-state index is 0.339. The van der Waals surface area contributed by atoms with E-state index in [1.165, 1.54) is 56.9 Å². The topological polar surface area (TPSA) is 29.5 Å². The first-order chi connectivity index (χ1) is 18.3. The zero-order chi connectivity index (χ0) is 25.3. The summed E-state index contributed by atoms with van der Waals surface area (Å²) >= 11 is 3.87. The molecule has 190 valence electrons. The van der Waals surface area contributed by atoms with E-state index < -0.39 is 0 Å². The second kappa shape index (κ2) is 13.0. The third-order valence-corrected chi connectivity index (χ3v) is 8.98. The van der Waals surface area contributed by atoms with E-state index in [-0.39, 0.29) is 0 Å². The van der Waals surface area contributed by atoms with Gasteiger partial charge in [-0.25, -0.2) is 0 Å². The van der Waals surface area contributed by atoms with E-state index in [4.69, 9.17) is 4.74 Å². The number of ether oxygens (including phenoxy) is 1. The first-order valence-electron chi connectivity index (χ1n) is 13.2. The lowest BCUT2D eigenvalue weighted by atomic mass is 9.88. The van der Waals surface area contributed by atoms with Gasteiger partial charge in [0.2, 0.25) is 0 Å². The monoisotopic (exact) mass is 526 g/mol. The van der Waals surface area contributed by atoms with Crippen LogP contribution in [0.3, 0.4) is 0 Å². The van der Waals surface area contributed by atoms with Crippen molar-refractivity contribution < 1.29 is 9.84 Å². The van der Waals surface area contributed by atoms with Gasteiger partial charge in [0.1, 0.15) is 11.5 Å². The summed E-state index contributed by atoms with van der Waals surface area (Å²) in [4.78, 5) is 1.47. The Labute approximate surface area is 229 Å². The largest absolute Gasteiger partial charge is 0.508 e. The molecule has 0 atom stereocenters. The van der Waals surface area contributed by atoms with Crippen LogP contribution in [0, 0.1) is 0 Å². The van der Waals surface area contributed by atoms with Crippen LogP contribution in [0.5, 0.6) is 11.5 Å². The van der Waals surface area contributed by atoms with Gasteiger partial charge < -0.3 is 9.84 Å². The van der Waals surface area contributed by atoms with E-state index in [1.54, 1.807) is 0 Å². The fourth-order valence-electron chi connectivity index (χ4n) is 4.99. The summed E-state index contributed by atoms with van der Waals surface area (Å²) in [7, 11) is 0. The number of thiophene rings is 1.